The Balaban J connectivity index is 2.28. The normalized spacial score (nSPS) is 18.1. The summed E-state index contributed by atoms with van der Waals surface area (Å²) in [6, 6.07) is 9.32. The summed E-state index contributed by atoms with van der Waals surface area (Å²) >= 11 is 0. The van der Waals surface area contributed by atoms with Crippen LogP contribution in [0.2, 0.25) is 0 Å². The molecule has 2 aromatic rings. The van der Waals surface area contributed by atoms with Gasteiger partial charge in [0.15, 0.2) is 11.5 Å². The Hall–Kier alpha value is -2.86. The molecule has 6 heteroatoms. The summed E-state index contributed by atoms with van der Waals surface area (Å²) in [6.45, 7) is 8.82. The molecule has 0 bridgehead atoms. The first-order chi connectivity index (χ1) is 13.1. The van der Waals surface area contributed by atoms with Crippen molar-refractivity contribution in [3.05, 3.63) is 53.5 Å². The van der Waals surface area contributed by atoms with Crippen molar-refractivity contribution < 1.29 is 28.2 Å². The summed E-state index contributed by atoms with van der Waals surface area (Å²) in [7, 11) is 1.22. The largest absolute Gasteiger partial charge is 0.513 e. The van der Waals surface area contributed by atoms with Gasteiger partial charge in [0.2, 0.25) is 0 Å². The van der Waals surface area contributed by atoms with Crippen LogP contribution in [0.4, 0.5) is 4.79 Å². The summed E-state index contributed by atoms with van der Waals surface area (Å²) in [5.41, 5.74) is 0.520. The van der Waals surface area contributed by atoms with E-state index in [2.05, 4.69) is 4.74 Å². The van der Waals surface area contributed by atoms with Gasteiger partial charge in [0, 0.05) is 5.56 Å². The van der Waals surface area contributed by atoms with Crippen LogP contribution < -0.4 is 0 Å². The van der Waals surface area contributed by atoms with E-state index < -0.39 is 17.4 Å². The molecule has 28 heavy (non-hydrogen) atoms. The van der Waals surface area contributed by atoms with Gasteiger partial charge < -0.3 is 18.6 Å². The quantitative estimate of drug-likeness (QED) is 0.700. The molecule has 1 aromatic heterocycles. The molecule has 0 fully saturated rings. The van der Waals surface area contributed by atoms with Crippen LogP contribution in [-0.2, 0) is 19.0 Å². The standard InChI is InChI=1S/C22H24O6/c1-13-9-10-14(16-8-7-11-26-16)12-15(13)17-18(23)21(2,3)28-22(4,5)19(17)27-20(24)25-6/h7-12H,1-6H3. The van der Waals surface area contributed by atoms with Crippen molar-refractivity contribution in [1.29, 1.82) is 0 Å². The van der Waals surface area contributed by atoms with Crippen molar-refractivity contribution in [3.8, 4) is 11.3 Å². The molecule has 0 N–H and O–H groups in total. The fourth-order valence-corrected chi connectivity index (χ4v) is 3.47. The van der Waals surface area contributed by atoms with Crippen LogP contribution in [0.5, 0.6) is 0 Å². The van der Waals surface area contributed by atoms with Crippen molar-refractivity contribution in [3.63, 3.8) is 0 Å². The van der Waals surface area contributed by atoms with Gasteiger partial charge in [0.1, 0.15) is 17.0 Å². The zero-order valence-electron chi connectivity index (χ0n) is 16.9. The lowest BCUT2D eigenvalue weighted by Gasteiger charge is -2.41. The Morgan fingerprint density at radius 1 is 1.07 bits per heavy atom. The highest BCUT2D eigenvalue weighted by Crippen LogP contribution is 2.43. The summed E-state index contributed by atoms with van der Waals surface area (Å²) in [5.74, 6) is 0.532. The third-order valence-electron chi connectivity index (χ3n) is 4.72. The second-order valence-corrected chi connectivity index (χ2v) is 7.72. The monoisotopic (exact) mass is 384 g/mol. The maximum absolute atomic E-state index is 13.3. The predicted molar refractivity (Wildman–Crippen MR) is 104 cm³/mol. The van der Waals surface area contributed by atoms with E-state index >= 15 is 0 Å². The first-order valence-electron chi connectivity index (χ1n) is 8.97. The van der Waals surface area contributed by atoms with Gasteiger partial charge in [0.25, 0.3) is 0 Å². The van der Waals surface area contributed by atoms with E-state index in [9.17, 15) is 9.59 Å². The molecule has 6 nitrogen and oxygen atoms in total. The van der Waals surface area contributed by atoms with E-state index in [0.29, 0.717) is 16.9 Å². The van der Waals surface area contributed by atoms with E-state index in [1.807, 2.05) is 31.2 Å². The van der Waals surface area contributed by atoms with Crippen LogP contribution in [0.3, 0.4) is 0 Å². The lowest BCUT2D eigenvalue weighted by atomic mass is 9.81. The lowest BCUT2D eigenvalue weighted by molar-refractivity contribution is -0.158. The summed E-state index contributed by atoms with van der Waals surface area (Å²) in [4.78, 5) is 25.2. The van der Waals surface area contributed by atoms with Crippen molar-refractivity contribution in [1.82, 2.24) is 0 Å². The maximum Gasteiger partial charge on any atom is 0.513 e. The van der Waals surface area contributed by atoms with Gasteiger partial charge in [-0.15, -0.1) is 0 Å². The Morgan fingerprint density at radius 3 is 2.39 bits per heavy atom. The number of carbonyl (C=O) groups excluding carboxylic acids is 2. The first kappa shape index (κ1) is 19.9. The molecule has 1 aliphatic rings. The minimum Gasteiger partial charge on any atom is -0.464 e. The molecule has 3 rings (SSSR count). The molecule has 1 aliphatic heterocycles. The Kier molecular flexibility index (Phi) is 4.93. The maximum atomic E-state index is 13.3. The number of aryl methyl sites for hydroxylation is 1. The fraction of sp³-hybridized carbons (Fsp3) is 0.364. The van der Waals surface area contributed by atoms with E-state index in [-0.39, 0.29) is 11.5 Å². The highest BCUT2D eigenvalue weighted by molar-refractivity contribution is 6.26. The van der Waals surface area contributed by atoms with Gasteiger partial charge in [-0.05, 0) is 63.9 Å². The fourth-order valence-electron chi connectivity index (χ4n) is 3.47. The predicted octanol–water partition coefficient (Wildman–Crippen LogP) is 4.91. The molecule has 0 spiro atoms. The molecule has 0 saturated carbocycles. The smallest absolute Gasteiger partial charge is 0.464 e. The number of ether oxygens (including phenoxy) is 3. The number of hydrogen-bond acceptors (Lipinski definition) is 6. The molecule has 0 saturated heterocycles. The number of benzene rings is 1. The van der Waals surface area contributed by atoms with Crippen molar-refractivity contribution in [2.45, 2.75) is 45.8 Å². The average Bonchev–Trinajstić information content (AvgIpc) is 3.14. The van der Waals surface area contributed by atoms with Crippen molar-refractivity contribution >= 4 is 17.5 Å². The van der Waals surface area contributed by atoms with E-state index in [4.69, 9.17) is 13.9 Å². The van der Waals surface area contributed by atoms with Crippen LogP contribution in [0.15, 0.2) is 46.8 Å². The molecule has 0 unspecified atom stereocenters. The molecular weight excluding hydrogens is 360 g/mol. The van der Waals surface area contributed by atoms with Crippen LogP contribution in [0, 0.1) is 6.92 Å². The van der Waals surface area contributed by atoms with Crippen molar-refractivity contribution in [2.75, 3.05) is 7.11 Å². The van der Waals surface area contributed by atoms with Gasteiger partial charge in [-0.2, -0.15) is 0 Å². The summed E-state index contributed by atoms with van der Waals surface area (Å²) < 4.78 is 21.5. The zero-order valence-corrected chi connectivity index (χ0v) is 16.9. The second-order valence-electron chi connectivity index (χ2n) is 7.72. The van der Waals surface area contributed by atoms with Gasteiger partial charge in [-0.1, -0.05) is 12.1 Å². The highest BCUT2D eigenvalue weighted by Gasteiger charge is 2.49. The third kappa shape index (κ3) is 3.47. The minimum absolute atomic E-state index is 0.128. The SMILES string of the molecule is COC(=O)OC1=C(c2cc(-c3ccco3)ccc2C)C(=O)C(C)(C)OC1(C)C. The topological polar surface area (TPSA) is 75.0 Å². The molecule has 1 aromatic carbocycles. The number of rotatable bonds is 3. The third-order valence-corrected chi connectivity index (χ3v) is 4.72. The van der Waals surface area contributed by atoms with Gasteiger partial charge in [-0.25, -0.2) is 4.79 Å². The van der Waals surface area contributed by atoms with Crippen LogP contribution in [-0.4, -0.2) is 30.3 Å². The Bertz CT molecular complexity index is 947. The molecule has 148 valence electrons. The summed E-state index contributed by atoms with van der Waals surface area (Å²) in [5, 5.41) is 0. The number of furan rings is 1. The zero-order chi connectivity index (χ0) is 20.7. The van der Waals surface area contributed by atoms with E-state index in [1.54, 1.807) is 40.0 Å². The lowest BCUT2D eigenvalue weighted by Crippen LogP contribution is -2.50. The molecule has 2 heterocycles. The Morgan fingerprint density at radius 2 is 1.79 bits per heavy atom. The molecule has 0 atom stereocenters. The van der Waals surface area contributed by atoms with Gasteiger partial charge in [-0.3, -0.25) is 4.79 Å². The van der Waals surface area contributed by atoms with Crippen LogP contribution in [0.1, 0.15) is 38.8 Å². The van der Waals surface area contributed by atoms with Gasteiger partial charge >= 0.3 is 6.16 Å². The molecule has 0 aliphatic carbocycles. The number of ketones is 1. The van der Waals surface area contributed by atoms with E-state index in [0.717, 1.165) is 11.1 Å². The van der Waals surface area contributed by atoms with Gasteiger partial charge in [0.05, 0.1) is 18.9 Å². The molecule has 0 amide bonds. The minimum atomic E-state index is -1.09. The molecular formula is C22H24O6. The van der Waals surface area contributed by atoms with E-state index in [1.165, 1.54) is 7.11 Å². The van der Waals surface area contributed by atoms with Crippen LogP contribution in [0.25, 0.3) is 16.9 Å². The second kappa shape index (κ2) is 6.95. The number of methoxy groups -OCH3 is 1. The number of hydrogen-bond donors (Lipinski definition) is 0. The van der Waals surface area contributed by atoms with Crippen molar-refractivity contribution in [2.24, 2.45) is 0 Å². The van der Waals surface area contributed by atoms with Crippen LogP contribution >= 0.6 is 0 Å². The highest BCUT2D eigenvalue weighted by atomic mass is 16.7. The number of Topliss-reactive ketones (excluding diaryl/α,β-unsaturated/α-hetero) is 1. The molecule has 0 radical (unpaired) electrons. The number of carbonyl (C=O) groups is 2. The first-order valence-corrected chi connectivity index (χ1v) is 8.97. The Labute approximate surface area is 164 Å². The summed E-state index contributed by atoms with van der Waals surface area (Å²) in [6.07, 6.45) is 0.683. The average molecular weight is 384 g/mol.